The molecular formula is C5H6Cl2. The molecule has 2 heteroatoms. The summed E-state index contributed by atoms with van der Waals surface area (Å²) in [6.45, 7) is 0. The molecule has 40 valence electrons. The van der Waals surface area contributed by atoms with E-state index in [1.807, 2.05) is 0 Å². The quantitative estimate of drug-likeness (QED) is 0.450. The third-order valence-electron chi connectivity index (χ3n) is 1.23. The smallest absolute Gasteiger partial charge is 0.0559 e. The van der Waals surface area contributed by atoms with Gasteiger partial charge in [-0.1, -0.05) is 11.6 Å². The standard InChI is InChI=1S/C5H6Cl2/c6-3-4-1-2-5(4)7/h3,5H,1-2H2/b4-3-. The summed E-state index contributed by atoms with van der Waals surface area (Å²) in [6, 6.07) is 0. The van der Waals surface area contributed by atoms with Gasteiger partial charge in [-0.15, -0.1) is 11.6 Å². The van der Waals surface area contributed by atoms with Gasteiger partial charge in [0.05, 0.1) is 5.38 Å². The van der Waals surface area contributed by atoms with Gasteiger partial charge in [0.2, 0.25) is 0 Å². The van der Waals surface area contributed by atoms with Crippen molar-refractivity contribution < 1.29 is 0 Å². The zero-order valence-electron chi connectivity index (χ0n) is 3.82. The van der Waals surface area contributed by atoms with Crippen LogP contribution in [0.5, 0.6) is 0 Å². The van der Waals surface area contributed by atoms with E-state index < -0.39 is 0 Å². The molecule has 0 aliphatic heterocycles. The molecule has 0 aromatic carbocycles. The van der Waals surface area contributed by atoms with E-state index in [0.717, 1.165) is 12.8 Å². The highest BCUT2D eigenvalue weighted by Gasteiger charge is 2.19. The van der Waals surface area contributed by atoms with E-state index in [4.69, 9.17) is 23.2 Å². The van der Waals surface area contributed by atoms with Gasteiger partial charge in [0.25, 0.3) is 0 Å². The molecule has 1 saturated carbocycles. The van der Waals surface area contributed by atoms with Crippen LogP contribution in [0.3, 0.4) is 0 Å². The third-order valence-corrected chi connectivity index (χ3v) is 2.01. The van der Waals surface area contributed by atoms with Crippen molar-refractivity contribution >= 4 is 23.2 Å². The number of hydrogen-bond donors (Lipinski definition) is 0. The summed E-state index contributed by atoms with van der Waals surface area (Å²) in [7, 11) is 0. The minimum absolute atomic E-state index is 0.248. The first-order chi connectivity index (χ1) is 3.34. The Labute approximate surface area is 53.1 Å². The number of halogens is 2. The topological polar surface area (TPSA) is 0 Å². The molecule has 0 N–H and O–H groups in total. The molecule has 0 aromatic heterocycles. The average Bonchev–Trinajstić information content (AvgIpc) is 1.65. The molecule has 1 rings (SSSR count). The van der Waals surface area contributed by atoms with Gasteiger partial charge in [-0.25, -0.2) is 0 Å². The van der Waals surface area contributed by atoms with Crippen molar-refractivity contribution in [1.82, 2.24) is 0 Å². The highest BCUT2D eigenvalue weighted by atomic mass is 35.5. The van der Waals surface area contributed by atoms with E-state index in [1.165, 1.54) is 5.57 Å². The van der Waals surface area contributed by atoms with Gasteiger partial charge < -0.3 is 0 Å². The Hall–Kier alpha value is 0.320. The van der Waals surface area contributed by atoms with Crippen LogP contribution < -0.4 is 0 Å². The number of alkyl halides is 1. The van der Waals surface area contributed by atoms with Gasteiger partial charge in [-0.05, 0) is 18.4 Å². The van der Waals surface area contributed by atoms with Crippen LogP contribution in [-0.2, 0) is 0 Å². The molecule has 0 spiro atoms. The molecule has 1 fully saturated rings. The van der Waals surface area contributed by atoms with E-state index in [2.05, 4.69) is 0 Å². The lowest BCUT2D eigenvalue weighted by atomic mass is 9.94. The Morgan fingerprint density at radius 2 is 2.43 bits per heavy atom. The lowest BCUT2D eigenvalue weighted by Gasteiger charge is -2.22. The van der Waals surface area contributed by atoms with Crippen molar-refractivity contribution in [3.8, 4) is 0 Å². The Bertz CT molecular complexity index is 96.3. The fourth-order valence-electron chi connectivity index (χ4n) is 0.543. The first-order valence-corrected chi connectivity index (χ1v) is 3.15. The molecule has 0 aromatic rings. The molecule has 0 nitrogen and oxygen atoms in total. The molecule has 1 atom stereocenters. The largest absolute Gasteiger partial charge is 0.118 e. The van der Waals surface area contributed by atoms with E-state index in [0.29, 0.717) is 0 Å². The zero-order valence-corrected chi connectivity index (χ0v) is 5.34. The molecular weight excluding hydrogens is 131 g/mol. The molecule has 1 aliphatic carbocycles. The second kappa shape index (κ2) is 2.06. The number of hydrogen-bond acceptors (Lipinski definition) is 0. The minimum Gasteiger partial charge on any atom is -0.118 e. The van der Waals surface area contributed by atoms with Crippen molar-refractivity contribution in [2.45, 2.75) is 18.2 Å². The van der Waals surface area contributed by atoms with Crippen LogP contribution in [0.1, 0.15) is 12.8 Å². The van der Waals surface area contributed by atoms with Crippen LogP contribution in [0, 0.1) is 0 Å². The summed E-state index contributed by atoms with van der Waals surface area (Å²) < 4.78 is 0. The Kier molecular flexibility index (Phi) is 1.61. The second-order valence-corrected chi connectivity index (χ2v) is 2.44. The number of allylic oxidation sites excluding steroid dienone is 1. The van der Waals surface area contributed by atoms with Crippen molar-refractivity contribution in [3.05, 3.63) is 11.1 Å². The van der Waals surface area contributed by atoms with Crippen LogP contribution in [0.2, 0.25) is 0 Å². The van der Waals surface area contributed by atoms with Gasteiger partial charge in [0, 0.05) is 5.54 Å². The van der Waals surface area contributed by atoms with Gasteiger partial charge >= 0.3 is 0 Å². The highest BCUT2D eigenvalue weighted by Crippen LogP contribution is 2.31. The highest BCUT2D eigenvalue weighted by molar-refractivity contribution is 6.28. The van der Waals surface area contributed by atoms with Crippen LogP contribution in [0.4, 0.5) is 0 Å². The van der Waals surface area contributed by atoms with E-state index in [-0.39, 0.29) is 5.38 Å². The van der Waals surface area contributed by atoms with Crippen LogP contribution in [-0.4, -0.2) is 5.38 Å². The van der Waals surface area contributed by atoms with Crippen LogP contribution in [0.25, 0.3) is 0 Å². The van der Waals surface area contributed by atoms with E-state index >= 15 is 0 Å². The molecule has 7 heavy (non-hydrogen) atoms. The Balaban J connectivity index is 2.44. The third kappa shape index (κ3) is 0.920. The monoisotopic (exact) mass is 136 g/mol. The van der Waals surface area contributed by atoms with E-state index in [1.54, 1.807) is 5.54 Å². The summed E-state index contributed by atoms with van der Waals surface area (Å²) in [5, 5.41) is 0.248. The molecule has 0 saturated heterocycles. The minimum atomic E-state index is 0.248. The lowest BCUT2D eigenvalue weighted by molar-refractivity contribution is 0.674. The van der Waals surface area contributed by atoms with Crippen molar-refractivity contribution in [1.29, 1.82) is 0 Å². The molecule has 1 aliphatic rings. The van der Waals surface area contributed by atoms with Gasteiger partial charge in [-0.3, -0.25) is 0 Å². The molecule has 0 radical (unpaired) electrons. The summed E-state index contributed by atoms with van der Waals surface area (Å²) in [5.74, 6) is 0. The Morgan fingerprint density at radius 1 is 1.71 bits per heavy atom. The maximum absolute atomic E-state index is 5.66. The number of rotatable bonds is 0. The average molecular weight is 137 g/mol. The fraction of sp³-hybridized carbons (Fsp3) is 0.600. The predicted octanol–water partition coefficient (Wildman–Crippen LogP) is 2.51. The summed E-state index contributed by atoms with van der Waals surface area (Å²) in [4.78, 5) is 0. The summed E-state index contributed by atoms with van der Waals surface area (Å²) >= 11 is 11.0. The van der Waals surface area contributed by atoms with Crippen molar-refractivity contribution in [2.24, 2.45) is 0 Å². The van der Waals surface area contributed by atoms with Gasteiger partial charge in [-0.2, -0.15) is 0 Å². The summed E-state index contributed by atoms with van der Waals surface area (Å²) in [5.41, 5.74) is 2.77. The van der Waals surface area contributed by atoms with Gasteiger partial charge in [0.1, 0.15) is 0 Å². The van der Waals surface area contributed by atoms with Gasteiger partial charge in [0.15, 0.2) is 0 Å². The molecule has 0 bridgehead atoms. The molecule has 0 amide bonds. The first kappa shape index (κ1) is 5.46. The normalized spacial score (nSPS) is 35.7. The SMILES string of the molecule is Cl/C=C1/CCC1Cl. The zero-order chi connectivity index (χ0) is 5.28. The molecule has 1 unspecified atom stereocenters. The maximum Gasteiger partial charge on any atom is 0.0559 e. The Morgan fingerprint density at radius 3 is 2.43 bits per heavy atom. The fourth-order valence-corrected chi connectivity index (χ4v) is 1.15. The first-order valence-electron chi connectivity index (χ1n) is 2.28. The van der Waals surface area contributed by atoms with Crippen LogP contribution >= 0.6 is 23.2 Å². The van der Waals surface area contributed by atoms with Crippen LogP contribution in [0.15, 0.2) is 11.1 Å². The summed E-state index contributed by atoms with van der Waals surface area (Å²) in [6.07, 6.45) is 2.19. The second-order valence-electron chi connectivity index (χ2n) is 1.69. The lowest BCUT2D eigenvalue weighted by Crippen LogP contribution is -2.13. The predicted molar refractivity (Wildman–Crippen MR) is 32.8 cm³/mol. The van der Waals surface area contributed by atoms with Crippen molar-refractivity contribution in [2.75, 3.05) is 0 Å². The molecule has 0 heterocycles. The maximum atomic E-state index is 5.66. The van der Waals surface area contributed by atoms with E-state index in [9.17, 15) is 0 Å². The van der Waals surface area contributed by atoms with Crippen molar-refractivity contribution in [3.63, 3.8) is 0 Å².